The number of nitrogens with zero attached hydrogens (tertiary/aromatic N) is 1. The summed E-state index contributed by atoms with van der Waals surface area (Å²) in [6.07, 6.45) is 2.67. The van der Waals surface area contributed by atoms with Gasteiger partial charge in [0.05, 0.1) is 20.6 Å². The second-order valence-corrected chi connectivity index (χ2v) is 8.18. The van der Waals surface area contributed by atoms with Gasteiger partial charge in [0.1, 0.15) is 11.5 Å². The summed E-state index contributed by atoms with van der Waals surface area (Å²) in [5.74, 6) is 1.01. The number of aliphatic imine (C=N–C) groups is 1. The summed E-state index contributed by atoms with van der Waals surface area (Å²) in [6, 6.07) is 16.9. The largest absolute Gasteiger partial charge is 0.457 e. The summed E-state index contributed by atoms with van der Waals surface area (Å²) >= 11 is 13.3. The molecule has 1 fully saturated rings. The average Bonchev–Trinajstić information content (AvgIpc) is 3.32. The highest BCUT2D eigenvalue weighted by Gasteiger charge is 2.24. The number of halogens is 2. The fourth-order valence-electron chi connectivity index (χ4n) is 2.77. The Bertz CT molecular complexity index is 1130. The van der Waals surface area contributed by atoms with Gasteiger partial charge < -0.3 is 9.73 Å². The Morgan fingerprint density at radius 3 is 2.59 bits per heavy atom. The number of benzene rings is 2. The van der Waals surface area contributed by atoms with Gasteiger partial charge in [-0.1, -0.05) is 42.3 Å². The van der Waals surface area contributed by atoms with Crippen molar-refractivity contribution in [2.24, 2.45) is 4.99 Å². The predicted octanol–water partition coefficient (Wildman–Crippen LogP) is 6.71. The lowest BCUT2D eigenvalue weighted by atomic mass is 10.2. The fraction of sp³-hybridized carbons (Fsp3) is 0.0909. The molecule has 0 aliphatic carbocycles. The van der Waals surface area contributed by atoms with Gasteiger partial charge in [-0.05, 0) is 66.2 Å². The number of amides is 1. The Kier molecular flexibility index (Phi) is 5.81. The first-order valence-electron chi connectivity index (χ1n) is 8.95. The molecule has 0 atom stereocenters. The third-order valence-corrected chi connectivity index (χ3v) is 5.98. The van der Waals surface area contributed by atoms with Crippen LogP contribution in [0.4, 0.5) is 5.69 Å². The molecule has 1 amide bonds. The van der Waals surface area contributed by atoms with Crippen LogP contribution in [0.5, 0.6) is 0 Å². The minimum absolute atomic E-state index is 0.202. The van der Waals surface area contributed by atoms with Crippen molar-refractivity contribution in [2.75, 3.05) is 0 Å². The SMILES string of the molecule is CCc1ccc(N=C2NC(=O)/C(=C/c3ccc(-c4ccc(Cl)c(Cl)c4)o3)S2)cc1. The number of carbonyl (C=O) groups is 1. The van der Waals surface area contributed by atoms with Crippen molar-refractivity contribution >= 4 is 57.8 Å². The minimum atomic E-state index is -0.202. The monoisotopic (exact) mass is 442 g/mol. The van der Waals surface area contributed by atoms with Crippen LogP contribution in [0.25, 0.3) is 17.4 Å². The van der Waals surface area contributed by atoms with E-state index in [0.717, 1.165) is 17.7 Å². The van der Waals surface area contributed by atoms with E-state index in [9.17, 15) is 4.79 Å². The Hall–Kier alpha value is -2.47. The molecule has 146 valence electrons. The highest BCUT2D eigenvalue weighted by molar-refractivity contribution is 8.18. The van der Waals surface area contributed by atoms with Crippen LogP contribution < -0.4 is 5.32 Å². The van der Waals surface area contributed by atoms with E-state index < -0.39 is 0 Å². The third kappa shape index (κ3) is 4.58. The maximum absolute atomic E-state index is 12.3. The first kappa shape index (κ1) is 19.8. The van der Waals surface area contributed by atoms with Crippen molar-refractivity contribution in [1.82, 2.24) is 5.32 Å². The molecule has 1 aliphatic rings. The second kappa shape index (κ2) is 8.49. The van der Waals surface area contributed by atoms with Crippen molar-refractivity contribution in [3.63, 3.8) is 0 Å². The molecule has 0 unspecified atom stereocenters. The maximum atomic E-state index is 12.3. The van der Waals surface area contributed by atoms with Gasteiger partial charge in [0.2, 0.25) is 0 Å². The van der Waals surface area contributed by atoms with Gasteiger partial charge >= 0.3 is 0 Å². The molecule has 0 bridgehead atoms. The van der Waals surface area contributed by atoms with Crippen LogP contribution in [0.2, 0.25) is 10.0 Å². The number of nitrogens with one attached hydrogen (secondary N) is 1. The van der Waals surface area contributed by atoms with Gasteiger partial charge in [-0.25, -0.2) is 4.99 Å². The van der Waals surface area contributed by atoms with E-state index in [-0.39, 0.29) is 5.91 Å². The number of aryl methyl sites for hydroxylation is 1. The second-order valence-electron chi connectivity index (χ2n) is 6.33. The summed E-state index contributed by atoms with van der Waals surface area (Å²) in [5.41, 5.74) is 2.85. The number of amidine groups is 1. The lowest BCUT2D eigenvalue weighted by Crippen LogP contribution is -2.19. The lowest BCUT2D eigenvalue weighted by molar-refractivity contribution is -0.115. The molecule has 1 aliphatic heterocycles. The molecule has 0 radical (unpaired) electrons. The standard InChI is InChI=1S/C22H16Cl2N2O2S/c1-2-13-3-6-15(7-4-13)25-22-26-21(27)20(29-22)12-16-8-10-19(28-16)14-5-9-17(23)18(24)11-14/h3-12H,2H2,1H3,(H,25,26,27)/b20-12-. The van der Waals surface area contributed by atoms with Crippen molar-refractivity contribution in [2.45, 2.75) is 13.3 Å². The summed E-state index contributed by atoms with van der Waals surface area (Å²) in [5, 5.41) is 4.27. The van der Waals surface area contributed by atoms with Crippen molar-refractivity contribution < 1.29 is 9.21 Å². The average molecular weight is 443 g/mol. The highest BCUT2D eigenvalue weighted by Crippen LogP contribution is 2.32. The van der Waals surface area contributed by atoms with Crippen molar-refractivity contribution in [1.29, 1.82) is 0 Å². The molecule has 4 nitrogen and oxygen atoms in total. The van der Waals surface area contributed by atoms with Crippen molar-refractivity contribution in [3.05, 3.63) is 80.9 Å². The molecule has 1 aromatic heterocycles. The van der Waals surface area contributed by atoms with Crippen molar-refractivity contribution in [3.8, 4) is 11.3 Å². The van der Waals surface area contributed by atoms with Gasteiger partial charge in [-0.2, -0.15) is 0 Å². The van der Waals surface area contributed by atoms with Crippen LogP contribution in [0.1, 0.15) is 18.2 Å². The normalized spacial score (nSPS) is 16.6. The Balaban J connectivity index is 1.52. The van der Waals surface area contributed by atoms with Crippen LogP contribution in [0.3, 0.4) is 0 Å². The first-order chi connectivity index (χ1) is 14.0. The molecule has 1 N–H and O–H groups in total. The van der Waals surface area contributed by atoms with Crippen LogP contribution in [0, 0.1) is 0 Å². The van der Waals surface area contributed by atoms with E-state index in [1.165, 1.54) is 17.3 Å². The zero-order chi connectivity index (χ0) is 20.4. The smallest absolute Gasteiger partial charge is 0.264 e. The number of furan rings is 1. The Morgan fingerprint density at radius 1 is 1.07 bits per heavy atom. The quantitative estimate of drug-likeness (QED) is 0.456. The number of hydrogen-bond donors (Lipinski definition) is 1. The third-order valence-electron chi connectivity index (χ3n) is 4.33. The number of hydrogen-bond acceptors (Lipinski definition) is 4. The highest BCUT2D eigenvalue weighted by atomic mass is 35.5. The molecule has 1 saturated heterocycles. The molecule has 7 heteroatoms. The molecule has 2 aromatic carbocycles. The van der Waals surface area contributed by atoms with Crippen LogP contribution >= 0.6 is 35.0 Å². The van der Waals surface area contributed by atoms with Gasteiger partial charge in [0.15, 0.2) is 5.17 Å². The Morgan fingerprint density at radius 2 is 1.86 bits per heavy atom. The predicted molar refractivity (Wildman–Crippen MR) is 121 cm³/mol. The van der Waals surface area contributed by atoms with E-state index in [1.54, 1.807) is 24.3 Å². The van der Waals surface area contributed by atoms with E-state index >= 15 is 0 Å². The molecular weight excluding hydrogens is 427 g/mol. The first-order valence-corrected chi connectivity index (χ1v) is 10.5. The topological polar surface area (TPSA) is 54.6 Å². The summed E-state index contributed by atoms with van der Waals surface area (Å²) in [6.45, 7) is 2.10. The zero-order valence-electron chi connectivity index (χ0n) is 15.4. The van der Waals surface area contributed by atoms with E-state index in [0.29, 0.717) is 31.6 Å². The van der Waals surface area contributed by atoms with Crippen LogP contribution in [0.15, 0.2) is 68.9 Å². The number of rotatable bonds is 4. The van der Waals surface area contributed by atoms with E-state index in [4.69, 9.17) is 27.6 Å². The number of thioether (sulfide) groups is 1. The van der Waals surface area contributed by atoms with Crippen LogP contribution in [-0.4, -0.2) is 11.1 Å². The molecule has 29 heavy (non-hydrogen) atoms. The minimum Gasteiger partial charge on any atom is -0.457 e. The molecule has 4 rings (SSSR count). The molecular formula is C22H16Cl2N2O2S. The molecule has 2 heterocycles. The van der Waals surface area contributed by atoms with Crippen LogP contribution in [-0.2, 0) is 11.2 Å². The fourth-order valence-corrected chi connectivity index (χ4v) is 3.89. The zero-order valence-corrected chi connectivity index (χ0v) is 17.7. The van der Waals surface area contributed by atoms with Gasteiger partial charge in [0.25, 0.3) is 5.91 Å². The summed E-state index contributed by atoms with van der Waals surface area (Å²) in [7, 11) is 0. The molecule has 3 aromatic rings. The summed E-state index contributed by atoms with van der Waals surface area (Å²) in [4.78, 5) is 17.3. The Labute approximate surface area is 182 Å². The maximum Gasteiger partial charge on any atom is 0.264 e. The molecule has 0 spiro atoms. The number of carbonyl (C=O) groups excluding carboxylic acids is 1. The molecule has 0 saturated carbocycles. The lowest BCUT2D eigenvalue weighted by Gasteiger charge is -1.99. The van der Waals surface area contributed by atoms with Gasteiger partial charge in [-0.3, -0.25) is 4.79 Å². The van der Waals surface area contributed by atoms with E-state index in [1.807, 2.05) is 36.4 Å². The van der Waals surface area contributed by atoms with Gasteiger partial charge in [0, 0.05) is 11.6 Å². The summed E-state index contributed by atoms with van der Waals surface area (Å²) < 4.78 is 5.84. The van der Waals surface area contributed by atoms with Gasteiger partial charge in [-0.15, -0.1) is 0 Å². The van der Waals surface area contributed by atoms with E-state index in [2.05, 4.69) is 17.2 Å².